The van der Waals surface area contributed by atoms with Gasteiger partial charge in [-0.2, -0.15) is 0 Å². The second-order valence-electron chi connectivity index (χ2n) is 9.87. The summed E-state index contributed by atoms with van der Waals surface area (Å²) in [6, 6.07) is 0. The van der Waals surface area contributed by atoms with E-state index in [-0.39, 0.29) is 22.7 Å². The van der Waals surface area contributed by atoms with Crippen molar-refractivity contribution in [2.45, 2.75) is 71.5 Å². The Morgan fingerprint density at radius 2 is 1.81 bits per heavy atom. The Kier molecular flexibility index (Phi) is 4.54. The van der Waals surface area contributed by atoms with Crippen LogP contribution in [-0.4, -0.2) is 41.0 Å². The lowest BCUT2D eigenvalue weighted by Crippen LogP contribution is -2.56. The Balaban J connectivity index is 1.79. The third-order valence-corrected chi connectivity index (χ3v) is 8.63. The summed E-state index contributed by atoms with van der Waals surface area (Å²) >= 11 is 0. The summed E-state index contributed by atoms with van der Waals surface area (Å²) in [6.07, 6.45) is 6.06. The Morgan fingerprint density at radius 1 is 1.11 bits per heavy atom. The molecule has 4 aliphatic carbocycles. The van der Waals surface area contributed by atoms with Gasteiger partial charge < -0.3 is 15.1 Å². The molecule has 3 saturated carbocycles. The third-order valence-electron chi connectivity index (χ3n) is 8.63. The highest BCUT2D eigenvalue weighted by Crippen LogP contribution is 2.65. The normalized spacial score (nSPS) is 50.4. The van der Waals surface area contributed by atoms with Gasteiger partial charge >= 0.3 is 0 Å². The van der Waals surface area contributed by atoms with Crippen LogP contribution >= 0.6 is 0 Å². The third kappa shape index (κ3) is 2.65. The lowest BCUT2D eigenvalue weighted by molar-refractivity contribution is -0.125. The first-order valence-corrected chi connectivity index (χ1v) is 10.4. The smallest absolute Gasteiger partial charge is 0.133 e. The van der Waals surface area contributed by atoms with Crippen molar-refractivity contribution in [2.75, 3.05) is 7.11 Å². The van der Waals surface area contributed by atoms with E-state index in [0.717, 1.165) is 31.4 Å². The summed E-state index contributed by atoms with van der Waals surface area (Å²) in [6.45, 7) is 6.30. The quantitative estimate of drug-likeness (QED) is 0.727. The first-order chi connectivity index (χ1) is 12.7. The second kappa shape index (κ2) is 6.41. The number of carbonyl (C=O) groups excluding carboxylic acids is 1. The molecular formula is C22H33NO4. The predicted molar refractivity (Wildman–Crippen MR) is 103 cm³/mol. The molecule has 0 bridgehead atoms. The van der Waals surface area contributed by atoms with Gasteiger partial charge in [-0.1, -0.05) is 24.6 Å². The molecule has 0 radical (unpaired) electrons. The number of carbonyl (C=O) groups is 1. The minimum atomic E-state index is -0.706. The van der Waals surface area contributed by atoms with Gasteiger partial charge in [0.25, 0.3) is 0 Å². The van der Waals surface area contributed by atoms with Gasteiger partial charge in [0, 0.05) is 11.8 Å². The zero-order valence-electron chi connectivity index (χ0n) is 16.9. The van der Waals surface area contributed by atoms with Crippen LogP contribution in [0.2, 0.25) is 0 Å². The first-order valence-electron chi connectivity index (χ1n) is 10.4. The molecule has 0 aliphatic heterocycles. The summed E-state index contributed by atoms with van der Waals surface area (Å²) in [5.41, 5.74) is 2.20. The van der Waals surface area contributed by atoms with Crippen molar-refractivity contribution in [3.63, 3.8) is 0 Å². The van der Waals surface area contributed by atoms with E-state index < -0.39 is 12.2 Å². The maximum atomic E-state index is 12.3. The van der Waals surface area contributed by atoms with Gasteiger partial charge in [-0.3, -0.25) is 4.79 Å². The largest absolute Gasteiger partial charge is 0.399 e. The van der Waals surface area contributed by atoms with E-state index in [4.69, 9.17) is 4.84 Å². The minimum absolute atomic E-state index is 0.0301. The molecule has 5 heteroatoms. The number of rotatable bonds is 2. The van der Waals surface area contributed by atoms with Crippen LogP contribution in [0.5, 0.6) is 0 Å². The molecule has 27 heavy (non-hydrogen) atoms. The summed E-state index contributed by atoms with van der Waals surface area (Å²) < 4.78 is 0. The molecule has 0 saturated heterocycles. The van der Waals surface area contributed by atoms with Crippen LogP contribution in [0.4, 0.5) is 0 Å². The Hall–Kier alpha value is -1.20. The van der Waals surface area contributed by atoms with Crippen LogP contribution in [0, 0.1) is 34.5 Å². The van der Waals surface area contributed by atoms with E-state index in [0.29, 0.717) is 30.5 Å². The van der Waals surface area contributed by atoms with Crippen molar-refractivity contribution in [3.05, 3.63) is 11.6 Å². The highest BCUT2D eigenvalue weighted by atomic mass is 16.6. The van der Waals surface area contributed by atoms with Gasteiger partial charge in [0.2, 0.25) is 0 Å². The van der Waals surface area contributed by atoms with Crippen molar-refractivity contribution >= 4 is 11.5 Å². The number of aliphatic hydroxyl groups excluding tert-OH is 2. The molecule has 4 aliphatic rings. The minimum Gasteiger partial charge on any atom is -0.399 e. The zero-order chi connectivity index (χ0) is 19.6. The molecule has 1 unspecified atom stereocenters. The van der Waals surface area contributed by atoms with E-state index in [9.17, 15) is 15.0 Å². The maximum Gasteiger partial charge on any atom is 0.133 e. The van der Waals surface area contributed by atoms with Gasteiger partial charge in [-0.15, -0.1) is 0 Å². The molecule has 0 aromatic carbocycles. The number of hydrogen-bond acceptors (Lipinski definition) is 5. The number of allylic oxidation sites excluding steroid dienone is 2. The van der Waals surface area contributed by atoms with E-state index >= 15 is 0 Å². The van der Waals surface area contributed by atoms with Crippen LogP contribution in [0.1, 0.15) is 59.3 Å². The predicted octanol–water partition coefficient (Wildman–Crippen LogP) is 3.10. The molecule has 5 nitrogen and oxygen atoms in total. The van der Waals surface area contributed by atoms with Crippen molar-refractivity contribution in [1.82, 2.24) is 0 Å². The zero-order valence-corrected chi connectivity index (χ0v) is 16.9. The monoisotopic (exact) mass is 375 g/mol. The summed E-state index contributed by atoms with van der Waals surface area (Å²) in [5.74, 6) is 1.34. The van der Waals surface area contributed by atoms with E-state index in [1.165, 1.54) is 5.57 Å². The van der Waals surface area contributed by atoms with Crippen LogP contribution in [0.3, 0.4) is 0 Å². The average Bonchev–Trinajstić information content (AvgIpc) is 2.95. The highest BCUT2D eigenvalue weighted by Gasteiger charge is 2.60. The molecule has 0 amide bonds. The first kappa shape index (κ1) is 19.1. The fourth-order valence-electron chi connectivity index (χ4n) is 7.28. The van der Waals surface area contributed by atoms with Gasteiger partial charge in [-0.25, -0.2) is 0 Å². The summed E-state index contributed by atoms with van der Waals surface area (Å²) in [7, 11) is 1.56. The fourth-order valence-corrected chi connectivity index (χ4v) is 7.28. The van der Waals surface area contributed by atoms with Crippen LogP contribution in [0.15, 0.2) is 16.8 Å². The van der Waals surface area contributed by atoms with Gasteiger partial charge in [0.1, 0.15) is 12.9 Å². The van der Waals surface area contributed by atoms with E-state index in [1.807, 2.05) is 0 Å². The molecule has 0 heterocycles. The number of hydrogen-bond donors (Lipinski definition) is 2. The van der Waals surface area contributed by atoms with Crippen LogP contribution in [0.25, 0.3) is 0 Å². The molecule has 0 aromatic heterocycles. The molecule has 2 N–H and O–H groups in total. The van der Waals surface area contributed by atoms with Gasteiger partial charge in [0.15, 0.2) is 0 Å². The van der Waals surface area contributed by atoms with Crippen molar-refractivity contribution < 1.29 is 19.8 Å². The van der Waals surface area contributed by atoms with Crippen LogP contribution in [-0.2, 0) is 9.63 Å². The number of Topliss-reactive ketones (excluding diaryl/α,β-unsaturated/α-hetero) is 1. The molecule has 8 atom stereocenters. The molecule has 150 valence electrons. The van der Waals surface area contributed by atoms with Crippen molar-refractivity contribution in [2.24, 2.45) is 39.7 Å². The standard InChI is InChI=1S/C22H33NO4/c1-12(24)14-5-6-15-13-9-18(23-27-4)17-10-19(25)20(26)11-22(17,3)16(13)7-8-21(14,15)2/h9,14-17,19-20,25-26H,5-8,10-11H2,1-4H3/b23-18+/t14-,15+,16?,17+,19-,20+,21-,22-/m1/s1. The lowest BCUT2D eigenvalue weighted by atomic mass is 9.47. The number of oxime groups is 1. The fraction of sp³-hybridized carbons (Fsp3) is 0.818. The topological polar surface area (TPSA) is 79.1 Å². The molecule has 0 spiro atoms. The van der Waals surface area contributed by atoms with E-state index in [1.54, 1.807) is 14.0 Å². The van der Waals surface area contributed by atoms with Crippen molar-refractivity contribution in [1.29, 1.82) is 0 Å². The average molecular weight is 376 g/mol. The van der Waals surface area contributed by atoms with E-state index in [2.05, 4.69) is 25.1 Å². The number of aliphatic hydroxyl groups is 2. The molecular weight excluding hydrogens is 342 g/mol. The molecule has 4 rings (SSSR count). The molecule has 0 aromatic rings. The Labute approximate surface area is 161 Å². The second-order valence-corrected chi connectivity index (χ2v) is 9.87. The number of fused-ring (bicyclic) bond motifs is 5. The Bertz CT molecular complexity index is 700. The summed E-state index contributed by atoms with van der Waals surface area (Å²) in [4.78, 5) is 17.4. The number of nitrogens with zero attached hydrogens (tertiary/aromatic N) is 1. The Morgan fingerprint density at radius 3 is 2.48 bits per heavy atom. The maximum absolute atomic E-state index is 12.3. The summed E-state index contributed by atoms with van der Waals surface area (Å²) in [5, 5.41) is 25.1. The highest BCUT2D eigenvalue weighted by molar-refractivity contribution is 5.99. The van der Waals surface area contributed by atoms with Gasteiger partial charge in [0.05, 0.1) is 17.9 Å². The molecule has 3 fully saturated rings. The van der Waals surface area contributed by atoms with Crippen LogP contribution < -0.4 is 0 Å². The lowest BCUT2D eigenvalue weighted by Gasteiger charge is -2.57. The van der Waals surface area contributed by atoms with Crippen molar-refractivity contribution in [3.8, 4) is 0 Å². The number of ketones is 1. The SMILES string of the molecule is CO/N=C1\C=C2C(CC[C@]3(C)[C@@H](C(C)=O)CC[C@@H]23)[C@@]2(C)C[C@H](O)[C@H](O)C[C@@H]12. The van der Waals surface area contributed by atoms with Gasteiger partial charge in [-0.05, 0) is 74.2 Å².